The molecule has 0 aliphatic heterocycles. The number of hydrogen-bond acceptors (Lipinski definition) is 5. The minimum atomic E-state index is -3.78. The van der Waals surface area contributed by atoms with Gasteiger partial charge in [0.05, 0.1) is 17.7 Å². The second-order valence-corrected chi connectivity index (χ2v) is 8.21. The summed E-state index contributed by atoms with van der Waals surface area (Å²) < 4.78 is 32.0. The van der Waals surface area contributed by atoms with Gasteiger partial charge in [0.2, 0.25) is 0 Å². The smallest absolute Gasteiger partial charge is 0.264 e. The van der Waals surface area contributed by atoms with E-state index in [1.165, 1.54) is 26.3 Å². The number of nitrogens with one attached hydrogen (secondary N) is 1. The van der Waals surface area contributed by atoms with Gasteiger partial charge in [0.1, 0.15) is 5.75 Å². The summed E-state index contributed by atoms with van der Waals surface area (Å²) in [7, 11) is -0.812. The first-order chi connectivity index (χ1) is 13.9. The molecule has 1 amide bonds. The molecule has 0 aliphatic carbocycles. The van der Waals surface area contributed by atoms with Crippen molar-refractivity contribution in [3.63, 3.8) is 0 Å². The number of pyridine rings is 1. The first-order valence-corrected chi connectivity index (χ1v) is 10.3. The van der Waals surface area contributed by atoms with E-state index in [9.17, 15) is 13.2 Å². The van der Waals surface area contributed by atoms with Crippen molar-refractivity contribution in [2.24, 2.45) is 0 Å². The lowest BCUT2D eigenvalue weighted by molar-refractivity contribution is 0.0951. The normalized spacial score (nSPS) is 11.0. The van der Waals surface area contributed by atoms with Gasteiger partial charge >= 0.3 is 0 Å². The van der Waals surface area contributed by atoms with Gasteiger partial charge < -0.3 is 10.1 Å². The van der Waals surface area contributed by atoms with Gasteiger partial charge in [0.15, 0.2) is 0 Å². The van der Waals surface area contributed by atoms with E-state index in [4.69, 9.17) is 4.74 Å². The van der Waals surface area contributed by atoms with Crippen LogP contribution >= 0.6 is 0 Å². The lowest BCUT2D eigenvalue weighted by atomic mass is 10.2. The molecular weight excluding hydrogens is 390 g/mol. The Balaban J connectivity index is 1.77. The Morgan fingerprint density at radius 2 is 1.86 bits per heavy atom. The van der Waals surface area contributed by atoms with Crippen LogP contribution in [0.5, 0.6) is 5.75 Å². The second kappa shape index (κ2) is 8.74. The fourth-order valence-corrected chi connectivity index (χ4v) is 3.86. The molecule has 7 nitrogen and oxygen atoms in total. The maximum Gasteiger partial charge on any atom is 0.264 e. The fraction of sp³-hybridized carbons (Fsp3) is 0.143. The summed E-state index contributed by atoms with van der Waals surface area (Å²) in [5.41, 5.74) is 1.62. The third kappa shape index (κ3) is 4.72. The highest BCUT2D eigenvalue weighted by Gasteiger charge is 2.22. The maximum absolute atomic E-state index is 12.9. The van der Waals surface area contributed by atoms with E-state index < -0.39 is 10.0 Å². The lowest BCUT2D eigenvalue weighted by Crippen LogP contribution is -2.27. The Kier molecular flexibility index (Phi) is 6.13. The standard InChI is InChI=1S/C21H21N3O4S/c1-24(29(26,27)20-10-8-19(28-2)9-11-20)18-7-3-6-17(13-18)21(25)23-15-16-5-4-12-22-14-16/h3-14H,15H2,1-2H3,(H,23,25). The predicted molar refractivity (Wildman–Crippen MR) is 110 cm³/mol. The number of nitrogens with zero attached hydrogens (tertiary/aromatic N) is 2. The molecule has 0 bridgehead atoms. The number of hydrogen-bond donors (Lipinski definition) is 1. The molecule has 150 valence electrons. The molecule has 1 aromatic heterocycles. The van der Waals surface area contributed by atoms with Gasteiger partial charge in [0, 0.05) is 31.5 Å². The van der Waals surface area contributed by atoms with Crippen LogP contribution in [0.3, 0.4) is 0 Å². The Morgan fingerprint density at radius 1 is 1.10 bits per heavy atom. The molecular formula is C21H21N3O4S. The summed E-state index contributed by atoms with van der Waals surface area (Å²) in [6.07, 6.45) is 3.33. The van der Waals surface area contributed by atoms with Crippen LogP contribution in [-0.4, -0.2) is 33.5 Å². The van der Waals surface area contributed by atoms with E-state index in [-0.39, 0.29) is 10.8 Å². The maximum atomic E-state index is 12.9. The zero-order chi connectivity index (χ0) is 20.9. The van der Waals surface area contributed by atoms with Crippen LogP contribution in [0.15, 0.2) is 78.0 Å². The lowest BCUT2D eigenvalue weighted by Gasteiger charge is -2.20. The highest BCUT2D eigenvalue weighted by atomic mass is 32.2. The Bertz CT molecular complexity index is 1080. The van der Waals surface area contributed by atoms with Crippen molar-refractivity contribution in [3.8, 4) is 5.75 Å². The third-order valence-corrected chi connectivity index (χ3v) is 6.17. The molecule has 8 heteroatoms. The van der Waals surface area contributed by atoms with Crippen molar-refractivity contribution < 1.29 is 17.9 Å². The minimum Gasteiger partial charge on any atom is -0.497 e. The van der Waals surface area contributed by atoms with Crippen LogP contribution in [0.25, 0.3) is 0 Å². The van der Waals surface area contributed by atoms with E-state index in [1.807, 2.05) is 6.07 Å². The molecule has 3 aromatic rings. The zero-order valence-electron chi connectivity index (χ0n) is 16.1. The Morgan fingerprint density at radius 3 is 2.52 bits per heavy atom. The third-order valence-electron chi connectivity index (χ3n) is 4.37. The summed E-state index contributed by atoms with van der Waals surface area (Å²) in [4.78, 5) is 16.6. The van der Waals surface area contributed by atoms with Gasteiger partial charge in [-0.15, -0.1) is 0 Å². The quantitative estimate of drug-likeness (QED) is 0.646. The Labute approximate surface area is 170 Å². The van der Waals surface area contributed by atoms with E-state index in [0.717, 1.165) is 9.87 Å². The molecule has 0 radical (unpaired) electrons. The molecule has 0 unspecified atom stereocenters. The topological polar surface area (TPSA) is 88.6 Å². The van der Waals surface area contributed by atoms with Gasteiger partial charge in [-0.2, -0.15) is 0 Å². The molecule has 3 rings (SSSR count). The summed E-state index contributed by atoms with van der Waals surface area (Å²) in [6.45, 7) is 0.330. The fourth-order valence-electron chi connectivity index (χ4n) is 2.67. The number of carbonyl (C=O) groups is 1. The molecule has 0 atom stereocenters. The van der Waals surface area contributed by atoms with E-state index in [2.05, 4.69) is 10.3 Å². The van der Waals surface area contributed by atoms with Crippen molar-refractivity contribution in [2.45, 2.75) is 11.4 Å². The number of sulfonamides is 1. The summed E-state index contributed by atoms with van der Waals surface area (Å²) in [5, 5.41) is 2.80. The molecule has 0 aliphatic rings. The van der Waals surface area contributed by atoms with Crippen molar-refractivity contribution in [2.75, 3.05) is 18.5 Å². The molecule has 29 heavy (non-hydrogen) atoms. The van der Waals surface area contributed by atoms with Crippen molar-refractivity contribution >= 4 is 21.6 Å². The average molecular weight is 411 g/mol. The van der Waals surface area contributed by atoms with Gasteiger partial charge in [0.25, 0.3) is 15.9 Å². The summed E-state index contributed by atoms with van der Waals surface area (Å²) in [6, 6.07) is 16.2. The number of methoxy groups -OCH3 is 1. The molecule has 0 spiro atoms. The van der Waals surface area contributed by atoms with Crippen molar-refractivity contribution in [3.05, 3.63) is 84.2 Å². The average Bonchev–Trinajstić information content (AvgIpc) is 2.77. The molecule has 0 fully saturated rings. The van der Waals surface area contributed by atoms with Crippen LogP contribution in [0.4, 0.5) is 5.69 Å². The minimum absolute atomic E-state index is 0.132. The predicted octanol–water partition coefficient (Wildman–Crippen LogP) is 2.85. The molecule has 0 saturated carbocycles. The zero-order valence-corrected chi connectivity index (χ0v) is 16.9. The number of rotatable bonds is 7. The number of amides is 1. The highest BCUT2D eigenvalue weighted by molar-refractivity contribution is 7.92. The van der Waals surface area contributed by atoms with Crippen LogP contribution in [-0.2, 0) is 16.6 Å². The summed E-state index contributed by atoms with van der Waals surface area (Å²) in [5.74, 6) is 0.268. The number of benzene rings is 2. The summed E-state index contributed by atoms with van der Waals surface area (Å²) >= 11 is 0. The van der Waals surface area contributed by atoms with E-state index in [0.29, 0.717) is 23.5 Å². The number of aromatic nitrogens is 1. The molecule has 0 saturated heterocycles. The van der Waals surface area contributed by atoms with Gasteiger partial charge in [-0.3, -0.25) is 14.1 Å². The second-order valence-electron chi connectivity index (χ2n) is 6.24. The first kappa shape index (κ1) is 20.3. The molecule has 1 N–H and O–H groups in total. The van der Waals surface area contributed by atoms with Crippen LogP contribution in [0.2, 0.25) is 0 Å². The highest BCUT2D eigenvalue weighted by Crippen LogP contribution is 2.24. The number of carbonyl (C=O) groups excluding carboxylic acids is 1. The van der Waals surface area contributed by atoms with Crippen LogP contribution < -0.4 is 14.4 Å². The number of ether oxygens (including phenoxy) is 1. The van der Waals surface area contributed by atoms with E-state index in [1.54, 1.807) is 54.9 Å². The van der Waals surface area contributed by atoms with Gasteiger partial charge in [-0.1, -0.05) is 12.1 Å². The SMILES string of the molecule is COc1ccc(S(=O)(=O)N(C)c2cccc(C(=O)NCc3cccnc3)c2)cc1. The monoisotopic (exact) mass is 411 g/mol. The Hall–Kier alpha value is -3.39. The van der Waals surface area contributed by atoms with Crippen molar-refractivity contribution in [1.82, 2.24) is 10.3 Å². The van der Waals surface area contributed by atoms with E-state index >= 15 is 0 Å². The van der Waals surface area contributed by atoms with Crippen LogP contribution in [0, 0.1) is 0 Å². The van der Waals surface area contributed by atoms with Gasteiger partial charge in [-0.05, 0) is 54.1 Å². The van der Waals surface area contributed by atoms with Crippen LogP contribution in [0.1, 0.15) is 15.9 Å². The number of anilines is 1. The molecule has 1 heterocycles. The largest absolute Gasteiger partial charge is 0.497 e. The molecule has 2 aromatic carbocycles. The first-order valence-electron chi connectivity index (χ1n) is 8.82. The van der Waals surface area contributed by atoms with Crippen molar-refractivity contribution in [1.29, 1.82) is 0 Å². The van der Waals surface area contributed by atoms with Gasteiger partial charge in [-0.25, -0.2) is 8.42 Å².